The third kappa shape index (κ3) is 2.86. The van der Waals surface area contributed by atoms with Crippen molar-refractivity contribution in [2.75, 3.05) is 6.54 Å². The molecule has 0 saturated carbocycles. The molecule has 0 bridgehead atoms. The van der Waals surface area contributed by atoms with Gasteiger partial charge in [-0.2, -0.15) is 0 Å². The summed E-state index contributed by atoms with van der Waals surface area (Å²) < 4.78 is 2.24. The second kappa shape index (κ2) is 5.82. The minimum atomic E-state index is 0.535. The van der Waals surface area contributed by atoms with Crippen molar-refractivity contribution in [3.05, 3.63) is 30.6 Å². The Morgan fingerprint density at radius 3 is 2.88 bits per heavy atom. The highest BCUT2D eigenvalue weighted by Crippen LogP contribution is 2.12. The molecule has 17 heavy (non-hydrogen) atoms. The topological polar surface area (TPSA) is 29.9 Å². The molecule has 2 aromatic rings. The Morgan fingerprint density at radius 2 is 2.12 bits per heavy atom. The number of hydrogen-bond acceptors (Lipinski definition) is 2. The minimum Gasteiger partial charge on any atom is -0.329 e. The van der Waals surface area contributed by atoms with E-state index in [4.69, 9.17) is 0 Å². The van der Waals surface area contributed by atoms with E-state index in [0.717, 1.165) is 25.0 Å². The Kier molecular flexibility index (Phi) is 4.15. The van der Waals surface area contributed by atoms with Crippen LogP contribution in [-0.2, 0) is 6.54 Å². The zero-order chi connectivity index (χ0) is 12.1. The van der Waals surface area contributed by atoms with E-state index in [0.29, 0.717) is 6.04 Å². The minimum absolute atomic E-state index is 0.535. The molecule has 92 valence electrons. The van der Waals surface area contributed by atoms with Crippen LogP contribution in [0.5, 0.6) is 0 Å². The van der Waals surface area contributed by atoms with Gasteiger partial charge in [0.05, 0.1) is 17.4 Å². The van der Waals surface area contributed by atoms with E-state index in [-0.39, 0.29) is 0 Å². The number of fused-ring (bicyclic) bond motifs is 1. The average Bonchev–Trinajstić information content (AvgIpc) is 2.78. The predicted octanol–water partition coefficient (Wildman–Crippen LogP) is 2.81. The highest BCUT2D eigenvalue weighted by atomic mass is 15.1. The van der Waals surface area contributed by atoms with Crippen molar-refractivity contribution in [1.29, 1.82) is 0 Å². The van der Waals surface area contributed by atoms with Gasteiger partial charge in [0.2, 0.25) is 0 Å². The Labute approximate surface area is 103 Å². The Balaban J connectivity index is 2.11. The zero-order valence-electron chi connectivity index (χ0n) is 10.7. The molecule has 2 rings (SSSR count). The molecule has 1 aromatic heterocycles. The van der Waals surface area contributed by atoms with Gasteiger partial charge in [-0.05, 0) is 31.5 Å². The summed E-state index contributed by atoms with van der Waals surface area (Å²) in [5.41, 5.74) is 2.31. The standard InChI is InChI=1S/C14H21N3/c1-3-9-15-12(4-2)10-17-11-16-13-7-5-6-8-14(13)17/h5-8,11-12,15H,3-4,9-10H2,1-2H3. The number of para-hydroxylation sites is 2. The molecular formula is C14H21N3. The van der Waals surface area contributed by atoms with Crippen molar-refractivity contribution in [2.45, 2.75) is 39.3 Å². The predicted molar refractivity (Wildman–Crippen MR) is 72.1 cm³/mol. The molecule has 0 aliphatic carbocycles. The van der Waals surface area contributed by atoms with Crippen LogP contribution in [0.4, 0.5) is 0 Å². The van der Waals surface area contributed by atoms with Crippen molar-refractivity contribution >= 4 is 11.0 Å². The van der Waals surface area contributed by atoms with Crippen LogP contribution in [0.3, 0.4) is 0 Å². The molecule has 0 spiro atoms. The van der Waals surface area contributed by atoms with Crippen molar-refractivity contribution in [3.63, 3.8) is 0 Å². The zero-order valence-corrected chi connectivity index (χ0v) is 10.7. The molecule has 0 saturated heterocycles. The van der Waals surface area contributed by atoms with Crippen molar-refractivity contribution in [1.82, 2.24) is 14.9 Å². The smallest absolute Gasteiger partial charge is 0.0958 e. The largest absolute Gasteiger partial charge is 0.329 e. The molecule has 1 unspecified atom stereocenters. The molecule has 1 N–H and O–H groups in total. The van der Waals surface area contributed by atoms with Crippen molar-refractivity contribution < 1.29 is 0 Å². The van der Waals surface area contributed by atoms with Gasteiger partial charge in [-0.3, -0.25) is 0 Å². The SMILES string of the molecule is CCCNC(CC)Cn1cnc2ccccc21. The highest BCUT2D eigenvalue weighted by Gasteiger charge is 2.08. The fourth-order valence-electron chi connectivity index (χ4n) is 2.08. The molecule has 3 heteroatoms. The maximum absolute atomic E-state index is 4.42. The number of imidazole rings is 1. The molecule has 0 aliphatic heterocycles. The summed E-state index contributed by atoms with van der Waals surface area (Å²) in [5.74, 6) is 0. The summed E-state index contributed by atoms with van der Waals surface area (Å²) in [4.78, 5) is 4.42. The van der Waals surface area contributed by atoms with Crippen LogP contribution in [0.2, 0.25) is 0 Å². The summed E-state index contributed by atoms with van der Waals surface area (Å²) in [7, 11) is 0. The lowest BCUT2D eigenvalue weighted by Crippen LogP contribution is -2.33. The van der Waals surface area contributed by atoms with Crippen molar-refractivity contribution in [3.8, 4) is 0 Å². The molecule has 0 aliphatic rings. The van der Waals surface area contributed by atoms with Crippen LogP contribution in [0, 0.1) is 0 Å². The monoisotopic (exact) mass is 231 g/mol. The number of aromatic nitrogens is 2. The molecule has 1 heterocycles. The van der Waals surface area contributed by atoms with Crippen LogP contribution in [0.1, 0.15) is 26.7 Å². The summed E-state index contributed by atoms with van der Waals surface area (Å²) >= 11 is 0. The summed E-state index contributed by atoms with van der Waals surface area (Å²) in [6.45, 7) is 6.51. The van der Waals surface area contributed by atoms with Gasteiger partial charge >= 0.3 is 0 Å². The van der Waals surface area contributed by atoms with E-state index >= 15 is 0 Å². The van der Waals surface area contributed by atoms with Crippen LogP contribution in [0.25, 0.3) is 11.0 Å². The average molecular weight is 231 g/mol. The first kappa shape index (κ1) is 12.1. The summed E-state index contributed by atoms with van der Waals surface area (Å²) in [6.07, 6.45) is 4.27. The Morgan fingerprint density at radius 1 is 1.29 bits per heavy atom. The molecule has 0 radical (unpaired) electrons. The molecule has 3 nitrogen and oxygen atoms in total. The van der Waals surface area contributed by atoms with E-state index in [2.05, 4.69) is 46.9 Å². The van der Waals surface area contributed by atoms with Gasteiger partial charge < -0.3 is 9.88 Å². The molecule has 0 amide bonds. The molecule has 0 fully saturated rings. The fraction of sp³-hybridized carbons (Fsp3) is 0.500. The number of nitrogens with one attached hydrogen (secondary N) is 1. The van der Waals surface area contributed by atoms with Crippen LogP contribution in [0.15, 0.2) is 30.6 Å². The van der Waals surface area contributed by atoms with E-state index in [1.807, 2.05) is 12.4 Å². The third-order valence-electron chi connectivity index (χ3n) is 3.12. The number of benzene rings is 1. The third-order valence-corrected chi connectivity index (χ3v) is 3.12. The fourth-order valence-corrected chi connectivity index (χ4v) is 2.08. The van der Waals surface area contributed by atoms with Gasteiger partial charge in [0.1, 0.15) is 0 Å². The maximum Gasteiger partial charge on any atom is 0.0958 e. The first-order valence-corrected chi connectivity index (χ1v) is 6.48. The lowest BCUT2D eigenvalue weighted by atomic mass is 10.2. The van der Waals surface area contributed by atoms with E-state index < -0.39 is 0 Å². The lowest BCUT2D eigenvalue weighted by molar-refractivity contribution is 0.442. The quantitative estimate of drug-likeness (QED) is 0.828. The number of hydrogen-bond donors (Lipinski definition) is 1. The number of nitrogens with zero attached hydrogens (tertiary/aromatic N) is 2. The molecule has 1 aromatic carbocycles. The lowest BCUT2D eigenvalue weighted by Gasteiger charge is -2.17. The normalized spacial score (nSPS) is 13.1. The number of rotatable bonds is 6. The Bertz CT molecular complexity index is 461. The maximum atomic E-state index is 4.42. The second-order valence-corrected chi connectivity index (χ2v) is 4.44. The second-order valence-electron chi connectivity index (χ2n) is 4.44. The Hall–Kier alpha value is -1.35. The molecule has 1 atom stereocenters. The van der Waals surface area contributed by atoms with E-state index in [9.17, 15) is 0 Å². The van der Waals surface area contributed by atoms with Crippen molar-refractivity contribution in [2.24, 2.45) is 0 Å². The van der Waals surface area contributed by atoms with Gasteiger partial charge in [-0.15, -0.1) is 0 Å². The van der Waals surface area contributed by atoms with Crippen LogP contribution < -0.4 is 5.32 Å². The summed E-state index contributed by atoms with van der Waals surface area (Å²) in [5, 5.41) is 3.57. The van der Waals surface area contributed by atoms with Gasteiger partial charge in [0, 0.05) is 12.6 Å². The molecular weight excluding hydrogens is 210 g/mol. The van der Waals surface area contributed by atoms with Gasteiger partial charge in [0.25, 0.3) is 0 Å². The summed E-state index contributed by atoms with van der Waals surface area (Å²) in [6, 6.07) is 8.83. The van der Waals surface area contributed by atoms with E-state index in [1.165, 1.54) is 11.9 Å². The highest BCUT2D eigenvalue weighted by molar-refractivity contribution is 5.74. The van der Waals surface area contributed by atoms with Crippen LogP contribution in [-0.4, -0.2) is 22.1 Å². The first-order valence-electron chi connectivity index (χ1n) is 6.48. The van der Waals surface area contributed by atoms with Gasteiger partial charge in [0.15, 0.2) is 0 Å². The first-order chi connectivity index (χ1) is 8.35. The van der Waals surface area contributed by atoms with Gasteiger partial charge in [-0.25, -0.2) is 4.98 Å². The van der Waals surface area contributed by atoms with Gasteiger partial charge in [-0.1, -0.05) is 26.0 Å². The van der Waals surface area contributed by atoms with E-state index in [1.54, 1.807) is 0 Å². The van der Waals surface area contributed by atoms with Crippen LogP contribution >= 0.6 is 0 Å².